The Balaban J connectivity index is 1.17. The van der Waals surface area contributed by atoms with Gasteiger partial charge in [0.15, 0.2) is 5.82 Å². The highest BCUT2D eigenvalue weighted by Crippen LogP contribution is 2.26. The topological polar surface area (TPSA) is 69.2 Å². The van der Waals surface area contributed by atoms with E-state index in [0.717, 1.165) is 48.8 Å². The molecule has 5 rings (SSSR count). The number of rotatable bonds is 7. The standard InChI is InChI=1S/C25H29N5O2S/c1-17(2)25-27-24(32-28-25)16-29-11-9-19(10-12-29)31-20-4-7-23(26-15-20)30-13-8-18-14-21(33-3)5-6-22(18)30/h4-8,13-15,17,19H,9-12,16H2,1-3H3. The smallest absolute Gasteiger partial charge is 0.240 e. The van der Waals surface area contributed by atoms with Crippen LogP contribution in [0.25, 0.3) is 16.7 Å². The third kappa shape index (κ3) is 4.91. The quantitative estimate of drug-likeness (QED) is 0.345. The molecule has 0 spiro atoms. The number of nitrogens with zero attached hydrogens (tertiary/aromatic N) is 5. The van der Waals surface area contributed by atoms with Crippen molar-refractivity contribution in [3.05, 3.63) is 60.5 Å². The van der Waals surface area contributed by atoms with E-state index in [4.69, 9.17) is 9.26 Å². The predicted molar refractivity (Wildman–Crippen MR) is 130 cm³/mol. The molecule has 0 radical (unpaired) electrons. The molecule has 1 fully saturated rings. The molecule has 33 heavy (non-hydrogen) atoms. The Labute approximate surface area is 198 Å². The largest absolute Gasteiger partial charge is 0.489 e. The van der Waals surface area contributed by atoms with Gasteiger partial charge in [-0.2, -0.15) is 4.98 Å². The first kappa shape index (κ1) is 22.0. The lowest BCUT2D eigenvalue weighted by Gasteiger charge is -2.31. The van der Waals surface area contributed by atoms with Crippen LogP contribution in [-0.4, -0.2) is 50.0 Å². The lowest BCUT2D eigenvalue weighted by Crippen LogP contribution is -2.37. The van der Waals surface area contributed by atoms with Gasteiger partial charge in [-0.25, -0.2) is 4.98 Å². The molecule has 7 nitrogen and oxygen atoms in total. The second kappa shape index (κ2) is 9.57. The lowest BCUT2D eigenvalue weighted by molar-refractivity contribution is 0.0901. The van der Waals surface area contributed by atoms with Gasteiger partial charge in [0.05, 0.1) is 18.3 Å². The first-order valence-electron chi connectivity index (χ1n) is 11.4. The van der Waals surface area contributed by atoms with E-state index in [-0.39, 0.29) is 12.0 Å². The van der Waals surface area contributed by atoms with Crippen molar-refractivity contribution in [1.82, 2.24) is 24.6 Å². The fraction of sp³-hybridized carbons (Fsp3) is 0.400. The average molecular weight is 464 g/mol. The summed E-state index contributed by atoms with van der Waals surface area (Å²) in [5.41, 5.74) is 1.16. The molecule has 1 aromatic carbocycles. The van der Waals surface area contributed by atoms with Gasteiger partial charge in [0, 0.05) is 35.5 Å². The van der Waals surface area contributed by atoms with E-state index in [1.54, 1.807) is 11.8 Å². The second-order valence-corrected chi connectivity index (χ2v) is 9.64. The Hall–Kier alpha value is -2.84. The van der Waals surface area contributed by atoms with Crippen LogP contribution in [0.5, 0.6) is 5.75 Å². The molecule has 1 aliphatic rings. The van der Waals surface area contributed by atoms with Crippen molar-refractivity contribution in [3.8, 4) is 11.6 Å². The third-order valence-electron chi connectivity index (χ3n) is 6.06. The fourth-order valence-electron chi connectivity index (χ4n) is 4.17. The number of aromatic nitrogens is 4. The van der Waals surface area contributed by atoms with Crippen LogP contribution in [0.4, 0.5) is 0 Å². The zero-order chi connectivity index (χ0) is 22.8. The summed E-state index contributed by atoms with van der Waals surface area (Å²) in [6, 6.07) is 12.7. The van der Waals surface area contributed by atoms with E-state index in [1.165, 1.54) is 10.3 Å². The molecule has 3 aromatic heterocycles. The van der Waals surface area contributed by atoms with Crippen molar-refractivity contribution >= 4 is 22.7 Å². The minimum Gasteiger partial charge on any atom is -0.489 e. The second-order valence-electron chi connectivity index (χ2n) is 8.76. The number of ether oxygens (including phenoxy) is 1. The van der Waals surface area contributed by atoms with Gasteiger partial charge in [0.2, 0.25) is 5.89 Å². The van der Waals surface area contributed by atoms with Crippen LogP contribution >= 0.6 is 11.8 Å². The zero-order valence-electron chi connectivity index (χ0n) is 19.3. The van der Waals surface area contributed by atoms with Crippen LogP contribution in [0.1, 0.15) is 44.3 Å². The number of benzene rings is 1. The Kier molecular flexibility index (Phi) is 6.37. The van der Waals surface area contributed by atoms with Crippen LogP contribution in [0.15, 0.2) is 58.2 Å². The van der Waals surface area contributed by atoms with Crippen molar-refractivity contribution in [2.75, 3.05) is 19.3 Å². The molecule has 8 heteroatoms. The summed E-state index contributed by atoms with van der Waals surface area (Å²) >= 11 is 1.75. The number of pyridine rings is 1. The lowest BCUT2D eigenvalue weighted by atomic mass is 10.1. The number of piperidine rings is 1. The first-order valence-corrected chi connectivity index (χ1v) is 12.6. The van der Waals surface area contributed by atoms with Gasteiger partial charge in [-0.05, 0) is 55.5 Å². The highest BCUT2D eigenvalue weighted by atomic mass is 32.2. The number of hydrogen-bond donors (Lipinski definition) is 0. The Morgan fingerprint density at radius 3 is 2.70 bits per heavy atom. The van der Waals surface area contributed by atoms with Crippen molar-refractivity contribution < 1.29 is 9.26 Å². The van der Waals surface area contributed by atoms with E-state index in [2.05, 4.69) is 75.2 Å². The number of hydrogen-bond acceptors (Lipinski definition) is 7. The molecule has 0 amide bonds. The minimum atomic E-state index is 0.195. The number of likely N-dealkylation sites (tertiary alicyclic amines) is 1. The van der Waals surface area contributed by atoms with Crippen LogP contribution < -0.4 is 4.74 Å². The maximum Gasteiger partial charge on any atom is 0.240 e. The van der Waals surface area contributed by atoms with Gasteiger partial charge in [-0.3, -0.25) is 4.90 Å². The third-order valence-corrected chi connectivity index (χ3v) is 6.79. The summed E-state index contributed by atoms with van der Waals surface area (Å²) < 4.78 is 13.7. The van der Waals surface area contributed by atoms with E-state index < -0.39 is 0 Å². The van der Waals surface area contributed by atoms with Crippen LogP contribution in [-0.2, 0) is 6.54 Å². The summed E-state index contributed by atoms with van der Waals surface area (Å²) in [5.74, 6) is 3.46. The summed E-state index contributed by atoms with van der Waals surface area (Å²) in [4.78, 5) is 12.8. The van der Waals surface area contributed by atoms with Crippen LogP contribution in [0.2, 0.25) is 0 Å². The molecule has 0 N–H and O–H groups in total. The van der Waals surface area contributed by atoms with Crippen molar-refractivity contribution in [2.45, 2.75) is 50.2 Å². The average Bonchev–Trinajstić information content (AvgIpc) is 3.48. The first-order chi connectivity index (χ1) is 16.1. The predicted octanol–water partition coefficient (Wildman–Crippen LogP) is 5.30. The minimum absolute atomic E-state index is 0.195. The molecular weight excluding hydrogens is 434 g/mol. The van der Waals surface area contributed by atoms with Crippen LogP contribution in [0.3, 0.4) is 0 Å². The normalized spacial score (nSPS) is 15.5. The van der Waals surface area contributed by atoms with Gasteiger partial charge in [0.1, 0.15) is 17.7 Å². The molecule has 0 bridgehead atoms. The van der Waals surface area contributed by atoms with Gasteiger partial charge in [0.25, 0.3) is 0 Å². The van der Waals surface area contributed by atoms with E-state index in [1.807, 2.05) is 18.3 Å². The molecule has 0 atom stereocenters. The van der Waals surface area contributed by atoms with Gasteiger partial charge < -0.3 is 13.8 Å². The van der Waals surface area contributed by atoms with Gasteiger partial charge in [-0.1, -0.05) is 19.0 Å². The Bertz CT molecular complexity index is 1210. The molecule has 0 aliphatic carbocycles. The van der Waals surface area contributed by atoms with Crippen molar-refractivity contribution in [1.29, 1.82) is 0 Å². The highest BCUT2D eigenvalue weighted by Gasteiger charge is 2.22. The van der Waals surface area contributed by atoms with Crippen LogP contribution in [0, 0.1) is 0 Å². The maximum absolute atomic E-state index is 6.23. The zero-order valence-corrected chi connectivity index (χ0v) is 20.1. The fourth-order valence-corrected chi connectivity index (χ4v) is 4.62. The summed E-state index contributed by atoms with van der Waals surface area (Å²) in [5, 5.41) is 5.27. The van der Waals surface area contributed by atoms with Gasteiger partial charge >= 0.3 is 0 Å². The summed E-state index contributed by atoms with van der Waals surface area (Å²) in [6.07, 6.45) is 8.12. The molecule has 0 unspecified atom stereocenters. The van der Waals surface area contributed by atoms with E-state index in [9.17, 15) is 0 Å². The monoisotopic (exact) mass is 463 g/mol. The van der Waals surface area contributed by atoms with E-state index in [0.29, 0.717) is 12.4 Å². The molecule has 4 heterocycles. The molecule has 172 valence electrons. The molecule has 1 saturated heterocycles. The SMILES string of the molecule is CSc1ccc2c(ccn2-c2ccc(OC3CCN(Cc4nc(C(C)C)no4)CC3)cn2)c1. The van der Waals surface area contributed by atoms with E-state index >= 15 is 0 Å². The maximum atomic E-state index is 6.23. The molecule has 4 aromatic rings. The summed E-state index contributed by atoms with van der Waals surface area (Å²) in [6.45, 7) is 6.74. The Morgan fingerprint density at radius 2 is 2.00 bits per heavy atom. The molecule has 1 aliphatic heterocycles. The highest BCUT2D eigenvalue weighted by molar-refractivity contribution is 7.98. The molecule has 0 saturated carbocycles. The van der Waals surface area contributed by atoms with Crippen molar-refractivity contribution in [2.24, 2.45) is 0 Å². The molecular formula is C25H29N5O2S. The van der Waals surface area contributed by atoms with Crippen molar-refractivity contribution in [3.63, 3.8) is 0 Å². The summed E-state index contributed by atoms with van der Waals surface area (Å²) in [7, 11) is 0. The number of thioether (sulfide) groups is 1. The van der Waals surface area contributed by atoms with Gasteiger partial charge in [-0.15, -0.1) is 11.8 Å². The number of fused-ring (bicyclic) bond motifs is 1. The Morgan fingerprint density at radius 1 is 1.15 bits per heavy atom.